The van der Waals surface area contributed by atoms with Gasteiger partial charge in [0.2, 0.25) is 0 Å². The molecule has 7 heteroatoms. The fraction of sp³-hybridized carbons (Fsp3) is 0.240. The second-order valence-corrected chi connectivity index (χ2v) is 8.21. The van der Waals surface area contributed by atoms with Gasteiger partial charge >= 0.3 is 0 Å². The summed E-state index contributed by atoms with van der Waals surface area (Å²) < 4.78 is 19.9. The van der Waals surface area contributed by atoms with Gasteiger partial charge in [-0.2, -0.15) is 5.10 Å². The normalized spacial score (nSPS) is 17.2. The molecule has 3 aromatic heterocycles. The lowest BCUT2D eigenvalue weighted by Crippen LogP contribution is -2.22. The van der Waals surface area contributed by atoms with Crippen LogP contribution < -0.4 is 14.2 Å². The van der Waals surface area contributed by atoms with Crippen molar-refractivity contribution in [1.29, 1.82) is 0 Å². The first-order valence-corrected chi connectivity index (χ1v) is 10.7. The first-order valence-electron chi connectivity index (χ1n) is 10.7. The number of benzene rings is 1. The third-order valence-electron chi connectivity index (χ3n) is 5.76. The molecule has 4 heterocycles. The lowest BCUT2D eigenvalue weighted by Gasteiger charge is -2.26. The third-order valence-corrected chi connectivity index (χ3v) is 5.76. The highest BCUT2D eigenvalue weighted by Gasteiger charge is 2.26. The monoisotopic (exact) mass is 426 g/mol. The Bertz CT molecular complexity index is 1260. The van der Waals surface area contributed by atoms with Gasteiger partial charge in [0.15, 0.2) is 11.9 Å². The zero-order valence-electron chi connectivity index (χ0n) is 17.6. The van der Waals surface area contributed by atoms with E-state index < -0.39 is 0 Å². The minimum atomic E-state index is -0.175. The van der Waals surface area contributed by atoms with Crippen molar-refractivity contribution in [2.24, 2.45) is 7.05 Å². The van der Waals surface area contributed by atoms with Gasteiger partial charge in [0, 0.05) is 37.1 Å². The highest BCUT2D eigenvalue weighted by atomic mass is 16.6. The molecule has 0 unspecified atom stereocenters. The summed E-state index contributed by atoms with van der Waals surface area (Å²) in [6.07, 6.45) is 9.45. The Balaban J connectivity index is 1.20. The van der Waals surface area contributed by atoms with E-state index in [1.807, 2.05) is 25.4 Å². The molecular weight excluding hydrogens is 404 g/mol. The van der Waals surface area contributed by atoms with Crippen molar-refractivity contribution in [3.63, 3.8) is 0 Å². The van der Waals surface area contributed by atoms with Crippen molar-refractivity contribution in [3.8, 4) is 34.4 Å². The average molecular weight is 426 g/mol. The maximum Gasteiger partial charge on any atom is 0.257 e. The highest BCUT2D eigenvalue weighted by Crippen LogP contribution is 2.41. The molecule has 1 fully saturated rings. The van der Waals surface area contributed by atoms with Crippen molar-refractivity contribution in [1.82, 2.24) is 19.7 Å². The maximum atomic E-state index is 6.22. The summed E-state index contributed by atoms with van der Waals surface area (Å²) >= 11 is 0. The predicted molar refractivity (Wildman–Crippen MR) is 118 cm³/mol. The molecule has 0 radical (unpaired) electrons. The van der Waals surface area contributed by atoms with Crippen LogP contribution in [0.3, 0.4) is 0 Å². The van der Waals surface area contributed by atoms with E-state index in [1.54, 1.807) is 29.3 Å². The Morgan fingerprint density at radius 2 is 1.81 bits per heavy atom. The number of ether oxygens (including phenoxy) is 3. The number of aromatic nitrogens is 4. The molecule has 1 aliphatic heterocycles. The molecule has 0 spiro atoms. The predicted octanol–water partition coefficient (Wildman–Crippen LogP) is 5.06. The van der Waals surface area contributed by atoms with E-state index in [-0.39, 0.29) is 6.10 Å². The van der Waals surface area contributed by atoms with Crippen molar-refractivity contribution in [2.75, 3.05) is 6.61 Å². The van der Waals surface area contributed by atoms with Crippen LogP contribution in [0.5, 0.6) is 23.1 Å². The molecule has 4 aromatic rings. The smallest absolute Gasteiger partial charge is 0.257 e. The second-order valence-electron chi connectivity index (χ2n) is 8.21. The van der Waals surface area contributed by atoms with E-state index in [2.05, 4.69) is 39.3 Å². The van der Waals surface area contributed by atoms with Gasteiger partial charge in [-0.1, -0.05) is 24.3 Å². The van der Waals surface area contributed by atoms with E-state index in [0.717, 1.165) is 22.7 Å². The minimum absolute atomic E-state index is 0.175. The third kappa shape index (κ3) is 3.77. The summed E-state index contributed by atoms with van der Waals surface area (Å²) in [6, 6.07) is 14.2. The molecule has 6 rings (SSSR count). The SMILES string of the molecule is Cn1cc(-c2cc(Oc3cnc4c(c3)O[C@@H](c3ccc(C5CC5)cc3)CO4)ccn2)cn1. The summed E-state index contributed by atoms with van der Waals surface area (Å²) in [5, 5.41) is 4.20. The van der Waals surface area contributed by atoms with Crippen LogP contribution in [0.25, 0.3) is 11.3 Å². The van der Waals surface area contributed by atoms with Crippen LogP contribution in [0.15, 0.2) is 67.3 Å². The van der Waals surface area contributed by atoms with Gasteiger partial charge in [0.1, 0.15) is 18.1 Å². The molecule has 1 atom stereocenters. The minimum Gasteiger partial charge on any atom is -0.476 e. The molecule has 0 bridgehead atoms. The van der Waals surface area contributed by atoms with E-state index in [4.69, 9.17) is 14.2 Å². The number of fused-ring (bicyclic) bond motifs is 1. The first kappa shape index (κ1) is 18.9. The maximum absolute atomic E-state index is 6.22. The lowest BCUT2D eigenvalue weighted by atomic mass is 10.0. The largest absolute Gasteiger partial charge is 0.476 e. The van der Waals surface area contributed by atoms with Gasteiger partial charge in [-0.3, -0.25) is 9.67 Å². The lowest BCUT2D eigenvalue weighted by molar-refractivity contribution is 0.0858. The number of pyridine rings is 2. The van der Waals surface area contributed by atoms with Crippen LogP contribution in [0.4, 0.5) is 0 Å². The molecule has 2 aliphatic rings. The van der Waals surface area contributed by atoms with E-state index in [1.165, 1.54) is 18.4 Å². The quantitative estimate of drug-likeness (QED) is 0.444. The zero-order chi connectivity index (χ0) is 21.5. The fourth-order valence-electron chi connectivity index (χ4n) is 3.89. The van der Waals surface area contributed by atoms with Gasteiger partial charge in [-0.05, 0) is 36.0 Å². The Kier molecular flexibility index (Phi) is 4.52. The molecule has 7 nitrogen and oxygen atoms in total. The fourth-order valence-corrected chi connectivity index (χ4v) is 3.89. The van der Waals surface area contributed by atoms with E-state index in [9.17, 15) is 0 Å². The Hall–Kier alpha value is -3.87. The Morgan fingerprint density at radius 3 is 2.59 bits per heavy atom. The van der Waals surface area contributed by atoms with Crippen molar-refractivity contribution in [2.45, 2.75) is 24.9 Å². The van der Waals surface area contributed by atoms with E-state index >= 15 is 0 Å². The van der Waals surface area contributed by atoms with Crippen LogP contribution in [-0.4, -0.2) is 26.4 Å². The van der Waals surface area contributed by atoms with Crippen LogP contribution in [-0.2, 0) is 7.05 Å². The number of hydrogen-bond donors (Lipinski definition) is 0. The summed E-state index contributed by atoms with van der Waals surface area (Å²) in [5.41, 5.74) is 4.22. The molecule has 1 saturated carbocycles. The molecule has 1 aliphatic carbocycles. The number of hydrogen-bond acceptors (Lipinski definition) is 6. The number of aryl methyl sites for hydroxylation is 1. The van der Waals surface area contributed by atoms with Gasteiger partial charge in [-0.15, -0.1) is 0 Å². The van der Waals surface area contributed by atoms with Crippen molar-refractivity contribution < 1.29 is 14.2 Å². The number of rotatable bonds is 5. The molecule has 32 heavy (non-hydrogen) atoms. The summed E-state index contributed by atoms with van der Waals surface area (Å²) in [7, 11) is 1.87. The summed E-state index contributed by atoms with van der Waals surface area (Å²) in [4.78, 5) is 8.78. The zero-order valence-corrected chi connectivity index (χ0v) is 17.6. The van der Waals surface area contributed by atoms with Crippen LogP contribution in [0, 0.1) is 0 Å². The summed E-state index contributed by atoms with van der Waals surface area (Å²) in [5.74, 6) is 3.02. The van der Waals surface area contributed by atoms with Gasteiger partial charge in [-0.25, -0.2) is 4.98 Å². The van der Waals surface area contributed by atoms with Gasteiger partial charge in [0.05, 0.1) is 18.1 Å². The molecule has 160 valence electrons. The second kappa shape index (κ2) is 7.67. The Labute approximate surface area is 185 Å². The first-order chi connectivity index (χ1) is 15.7. The van der Waals surface area contributed by atoms with E-state index in [0.29, 0.717) is 29.7 Å². The molecule has 0 amide bonds. The van der Waals surface area contributed by atoms with Crippen LogP contribution >= 0.6 is 0 Å². The average Bonchev–Trinajstić information content (AvgIpc) is 3.59. The molecule has 1 aromatic carbocycles. The standard InChI is InChI=1S/C25H22N4O3/c1-29-14-19(12-28-29)22-10-20(8-9-26-22)31-21-11-23-25(27-13-21)30-15-24(32-23)18-6-4-17(5-7-18)16-2-3-16/h4-14,16,24H,2-3,15H2,1H3/t24-/m1/s1. The van der Waals surface area contributed by atoms with Crippen LogP contribution in [0.1, 0.15) is 36.0 Å². The van der Waals surface area contributed by atoms with Gasteiger partial charge < -0.3 is 14.2 Å². The topological polar surface area (TPSA) is 71.3 Å². The number of nitrogens with zero attached hydrogens (tertiary/aromatic N) is 4. The Morgan fingerprint density at radius 1 is 0.969 bits per heavy atom. The summed E-state index contributed by atoms with van der Waals surface area (Å²) in [6.45, 7) is 0.432. The highest BCUT2D eigenvalue weighted by molar-refractivity contribution is 5.59. The molecular formula is C25H22N4O3. The molecule has 0 N–H and O–H groups in total. The van der Waals surface area contributed by atoms with Crippen LogP contribution in [0.2, 0.25) is 0 Å². The molecule has 0 saturated heterocycles. The van der Waals surface area contributed by atoms with Crippen molar-refractivity contribution in [3.05, 3.63) is 78.4 Å². The van der Waals surface area contributed by atoms with Gasteiger partial charge in [0.25, 0.3) is 5.88 Å². The van der Waals surface area contributed by atoms with Crippen molar-refractivity contribution >= 4 is 0 Å².